The molecule has 3 heterocycles. The SMILES string of the molecule is CC(C)C1[C@H](C)C2C[C@@]3(C4OCCO4)[C@@H]4CC[C@@H](C)[C@H]4CC2(C2CC(CCCOc4ccccc4)C(CN4CCCCC4)O2)C13C(=O)OC(c1ccccc1)c1ccccc1. The number of esters is 1. The van der Waals surface area contributed by atoms with E-state index in [2.05, 4.69) is 93.3 Å². The van der Waals surface area contributed by atoms with Gasteiger partial charge < -0.3 is 28.6 Å². The second-order valence-corrected chi connectivity index (χ2v) is 20.9. The predicted octanol–water partition coefficient (Wildman–Crippen LogP) is 10.8. The van der Waals surface area contributed by atoms with E-state index in [-0.39, 0.29) is 30.0 Å². The molecule has 7 aliphatic rings. The molecule has 7 nitrogen and oxygen atoms in total. The fourth-order valence-electron chi connectivity index (χ4n) is 16.0. The Kier molecular flexibility index (Phi) is 11.7. The number of carbonyl (C=O) groups is 1. The van der Waals surface area contributed by atoms with Crippen molar-refractivity contribution in [3.63, 3.8) is 0 Å². The van der Waals surface area contributed by atoms with E-state index in [0.29, 0.717) is 55.3 Å². The summed E-state index contributed by atoms with van der Waals surface area (Å²) in [4.78, 5) is 19.5. The zero-order chi connectivity index (χ0) is 41.8. The summed E-state index contributed by atoms with van der Waals surface area (Å²) >= 11 is 0. The predicted molar refractivity (Wildman–Crippen MR) is 238 cm³/mol. The highest BCUT2D eigenvalue weighted by molar-refractivity contribution is 5.83. The van der Waals surface area contributed by atoms with Gasteiger partial charge in [0.1, 0.15) is 5.75 Å². The summed E-state index contributed by atoms with van der Waals surface area (Å²) in [6.45, 7) is 14.9. The summed E-state index contributed by atoms with van der Waals surface area (Å²) in [5.74, 6) is 3.65. The van der Waals surface area contributed by atoms with Gasteiger partial charge in [0.2, 0.25) is 0 Å². The zero-order valence-electron chi connectivity index (χ0n) is 37.3. The molecular formula is C54H71NO6. The molecule has 10 rings (SSSR count). The highest BCUT2D eigenvalue weighted by atomic mass is 16.7. The number of ether oxygens (including phenoxy) is 5. The second kappa shape index (κ2) is 17.0. The monoisotopic (exact) mass is 830 g/mol. The van der Waals surface area contributed by atoms with Crippen molar-refractivity contribution >= 4 is 5.97 Å². The summed E-state index contributed by atoms with van der Waals surface area (Å²) in [6, 6.07) is 31.1. The van der Waals surface area contributed by atoms with E-state index in [1.807, 2.05) is 30.3 Å². The standard InChI is InChI=1S/C54H71NO6/c1-36(2)48-38(4)45-34-53(51-58-30-31-59-51)44-26-25-37(3)43(44)33-52(45,54(48,53)50(56)61-49(39-18-9-5-10-19-39)40-20-11-6-12-21-40)47-32-41(22-17-29-57-42-23-13-7-14-24-42)46(60-47)35-55-27-15-8-16-28-55/h5-7,9-14,18-21,23-24,36-38,41,43-49,51H,8,15-17,22,25-35H2,1-4H3/t37-,38-,41?,43-,44-,45?,46?,47?,48?,52?,53+,54?/m1/s1. The van der Waals surface area contributed by atoms with Crippen molar-refractivity contribution < 1.29 is 28.5 Å². The molecule has 3 saturated heterocycles. The van der Waals surface area contributed by atoms with Crippen molar-refractivity contribution in [1.29, 1.82) is 0 Å². The van der Waals surface area contributed by atoms with Crippen LogP contribution in [0.4, 0.5) is 0 Å². The van der Waals surface area contributed by atoms with Crippen molar-refractivity contribution in [2.24, 2.45) is 63.6 Å². The number of rotatable bonds is 14. The number of hydrogen-bond acceptors (Lipinski definition) is 7. The van der Waals surface area contributed by atoms with Crippen molar-refractivity contribution in [2.45, 2.75) is 117 Å². The third-order valence-corrected chi connectivity index (χ3v) is 17.9. The molecule has 0 N–H and O–H groups in total. The van der Waals surface area contributed by atoms with Crippen molar-refractivity contribution in [1.82, 2.24) is 4.90 Å². The van der Waals surface area contributed by atoms with Crippen LogP contribution in [0.25, 0.3) is 0 Å². The summed E-state index contributed by atoms with van der Waals surface area (Å²) < 4.78 is 35.3. The molecule has 12 atom stereocenters. The number of para-hydroxylation sites is 1. The largest absolute Gasteiger partial charge is 0.494 e. The fraction of sp³-hybridized carbons (Fsp3) is 0.648. The Labute approximate surface area is 365 Å². The lowest BCUT2D eigenvalue weighted by Gasteiger charge is -2.64. The van der Waals surface area contributed by atoms with E-state index in [9.17, 15) is 0 Å². The van der Waals surface area contributed by atoms with Crippen molar-refractivity contribution in [2.75, 3.05) is 39.5 Å². The Morgan fingerprint density at radius 3 is 2.11 bits per heavy atom. The maximum Gasteiger partial charge on any atom is 0.314 e. The number of hydrogen-bond donors (Lipinski definition) is 0. The molecule has 4 bridgehead atoms. The summed E-state index contributed by atoms with van der Waals surface area (Å²) in [5.41, 5.74) is 0.231. The van der Waals surface area contributed by atoms with Crippen LogP contribution in [0.5, 0.6) is 5.75 Å². The van der Waals surface area contributed by atoms with Crippen LogP contribution in [0.1, 0.15) is 109 Å². The lowest BCUT2D eigenvalue weighted by molar-refractivity contribution is -0.280. The molecular weight excluding hydrogens is 759 g/mol. The molecule has 7 unspecified atom stereocenters. The summed E-state index contributed by atoms with van der Waals surface area (Å²) in [5, 5.41) is 0. The van der Waals surface area contributed by atoms with Gasteiger partial charge in [-0.05, 0) is 135 Å². The van der Waals surface area contributed by atoms with Gasteiger partial charge >= 0.3 is 5.97 Å². The number of fused-ring (bicyclic) bond motifs is 2. The van der Waals surface area contributed by atoms with Gasteiger partial charge in [-0.2, -0.15) is 0 Å². The van der Waals surface area contributed by atoms with E-state index in [0.717, 1.165) is 75.0 Å². The van der Waals surface area contributed by atoms with Crippen molar-refractivity contribution in [3.05, 3.63) is 102 Å². The average molecular weight is 830 g/mol. The van der Waals surface area contributed by atoms with E-state index in [1.165, 1.54) is 25.7 Å². The number of nitrogens with zero attached hydrogens (tertiary/aromatic N) is 1. The van der Waals surface area contributed by atoms with Crippen LogP contribution in [-0.2, 0) is 23.7 Å². The highest BCUT2D eigenvalue weighted by Gasteiger charge is 2.91. The lowest BCUT2D eigenvalue weighted by Crippen LogP contribution is -2.70. The van der Waals surface area contributed by atoms with Gasteiger partial charge in [-0.15, -0.1) is 0 Å². The van der Waals surface area contributed by atoms with E-state index in [1.54, 1.807) is 0 Å². The smallest absolute Gasteiger partial charge is 0.314 e. The van der Waals surface area contributed by atoms with Crippen LogP contribution in [0, 0.1) is 63.6 Å². The van der Waals surface area contributed by atoms with Gasteiger partial charge in [-0.3, -0.25) is 4.79 Å². The fourth-order valence-corrected chi connectivity index (χ4v) is 16.0. The van der Waals surface area contributed by atoms with Gasteiger partial charge in [0.15, 0.2) is 12.4 Å². The molecule has 0 aromatic heterocycles. The van der Waals surface area contributed by atoms with Crippen molar-refractivity contribution in [3.8, 4) is 5.75 Å². The minimum Gasteiger partial charge on any atom is -0.494 e. The summed E-state index contributed by atoms with van der Waals surface area (Å²) in [6.07, 6.45) is 10.2. The van der Waals surface area contributed by atoms with Gasteiger partial charge in [-0.1, -0.05) is 119 Å². The molecule has 0 spiro atoms. The molecule has 328 valence electrons. The minimum atomic E-state index is -0.855. The Bertz CT molecular complexity index is 1890. The molecule has 0 radical (unpaired) electrons. The quantitative estimate of drug-likeness (QED) is 0.118. The second-order valence-electron chi connectivity index (χ2n) is 20.9. The maximum absolute atomic E-state index is 16.9. The normalized spacial score (nSPS) is 38.4. The zero-order valence-corrected chi connectivity index (χ0v) is 37.3. The Morgan fingerprint density at radius 1 is 0.803 bits per heavy atom. The first-order valence-electron chi connectivity index (χ1n) is 24.4. The van der Waals surface area contributed by atoms with Crippen LogP contribution >= 0.6 is 0 Å². The van der Waals surface area contributed by atoms with Gasteiger partial charge in [0.05, 0.1) is 37.4 Å². The van der Waals surface area contributed by atoms with Crippen LogP contribution in [0.2, 0.25) is 0 Å². The third-order valence-electron chi connectivity index (χ3n) is 17.9. The molecule has 4 aliphatic carbocycles. The molecule has 3 aromatic carbocycles. The Balaban J connectivity index is 1.10. The third kappa shape index (κ3) is 6.67. The molecule has 0 amide bonds. The first-order valence-corrected chi connectivity index (χ1v) is 24.4. The minimum absolute atomic E-state index is 0.0243. The topological polar surface area (TPSA) is 66.5 Å². The Morgan fingerprint density at radius 2 is 1.46 bits per heavy atom. The highest BCUT2D eigenvalue weighted by Crippen LogP contribution is 2.89. The lowest BCUT2D eigenvalue weighted by atomic mass is 9.39. The first-order chi connectivity index (χ1) is 29.8. The molecule has 61 heavy (non-hydrogen) atoms. The Hall–Kier alpha value is -3.23. The van der Waals surface area contributed by atoms with Crippen LogP contribution in [0.15, 0.2) is 91.0 Å². The van der Waals surface area contributed by atoms with Crippen LogP contribution in [0.3, 0.4) is 0 Å². The number of carbonyl (C=O) groups excluding carboxylic acids is 1. The number of piperidine rings is 1. The van der Waals surface area contributed by atoms with E-state index < -0.39 is 28.6 Å². The molecule has 4 saturated carbocycles. The maximum atomic E-state index is 16.9. The first kappa shape index (κ1) is 41.8. The average Bonchev–Trinajstić information content (AvgIpc) is 4.11. The van der Waals surface area contributed by atoms with Crippen LogP contribution < -0.4 is 4.74 Å². The molecule has 3 aliphatic heterocycles. The van der Waals surface area contributed by atoms with E-state index in [4.69, 9.17) is 23.7 Å². The van der Waals surface area contributed by atoms with Gasteiger partial charge in [0, 0.05) is 17.4 Å². The number of benzene rings is 3. The molecule has 7 fully saturated rings. The summed E-state index contributed by atoms with van der Waals surface area (Å²) in [7, 11) is 0. The number of likely N-dealkylation sites (tertiary alicyclic amines) is 1. The molecule has 3 aromatic rings. The van der Waals surface area contributed by atoms with Crippen LogP contribution in [-0.4, -0.2) is 68.8 Å². The van der Waals surface area contributed by atoms with Gasteiger partial charge in [-0.25, -0.2) is 0 Å². The molecule has 7 heteroatoms. The van der Waals surface area contributed by atoms with E-state index >= 15 is 4.79 Å². The van der Waals surface area contributed by atoms with Gasteiger partial charge in [0.25, 0.3) is 0 Å².